The number of hydrogen-bond donors (Lipinski definition) is 2. The maximum absolute atomic E-state index is 13.0. The molecule has 1 aromatic rings. The van der Waals surface area contributed by atoms with Crippen molar-refractivity contribution in [2.75, 3.05) is 23.9 Å². The number of anilines is 2. The maximum Gasteiger partial charge on any atom is 0.127 e. The van der Waals surface area contributed by atoms with Crippen molar-refractivity contribution >= 4 is 23.1 Å². The molecule has 2 nitrogen and oxygen atoms in total. The summed E-state index contributed by atoms with van der Waals surface area (Å²) >= 11 is 1.83. The summed E-state index contributed by atoms with van der Waals surface area (Å²) in [6.45, 7) is 3.01. The molecule has 0 radical (unpaired) electrons. The van der Waals surface area contributed by atoms with Gasteiger partial charge in [0.2, 0.25) is 0 Å². The fourth-order valence-electron chi connectivity index (χ4n) is 1.25. The summed E-state index contributed by atoms with van der Waals surface area (Å²) in [7, 11) is 0. The van der Waals surface area contributed by atoms with Crippen LogP contribution in [0, 0.1) is 5.82 Å². The van der Waals surface area contributed by atoms with Gasteiger partial charge in [-0.1, -0.05) is 6.92 Å². The first-order valence-corrected chi connectivity index (χ1v) is 6.23. The molecule has 0 aliphatic rings. The van der Waals surface area contributed by atoms with Crippen LogP contribution in [0.15, 0.2) is 18.2 Å². The minimum Gasteiger partial charge on any atom is -0.399 e. The lowest BCUT2D eigenvalue weighted by atomic mass is 10.2. The Labute approximate surface area is 94.4 Å². The molecule has 0 aliphatic carbocycles. The summed E-state index contributed by atoms with van der Waals surface area (Å²) in [6, 6.07) is 4.52. The molecule has 1 atom stereocenters. The van der Waals surface area contributed by atoms with Gasteiger partial charge in [0, 0.05) is 23.2 Å². The van der Waals surface area contributed by atoms with Gasteiger partial charge in [-0.2, -0.15) is 11.8 Å². The highest BCUT2D eigenvalue weighted by molar-refractivity contribution is 7.99. The minimum absolute atomic E-state index is 0.296. The molecule has 84 valence electrons. The molecule has 1 unspecified atom stereocenters. The first-order chi connectivity index (χ1) is 7.11. The first kappa shape index (κ1) is 12.2. The summed E-state index contributed by atoms with van der Waals surface area (Å²) < 4.78 is 13.0. The Kier molecular flexibility index (Phi) is 4.75. The third kappa shape index (κ3) is 4.42. The first-order valence-electron chi connectivity index (χ1n) is 4.94. The Morgan fingerprint density at radius 2 is 2.20 bits per heavy atom. The summed E-state index contributed by atoms with van der Waals surface area (Å²) in [5, 5.41) is 3.77. The molecule has 0 spiro atoms. The predicted octanol–water partition coefficient (Wildman–Crippen LogP) is 2.96. The zero-order chi connectivity index (χ0) is 11.3. The van der Waals surface area contributed by atoms with E-state index in [-0.39, 0.29) is 5.82 Å². The zero-order valence-corrected chi connectivity index (χ0v) is 9.90. The van der Waals surface area contributed by atoms with E-state index in [0.29, 0.717) is 10.9 Å². The lowest BCUT2D eigenvalue weighted by Crippen LogP contribution is -2.08. The van der Waals surface area contributed by atoms with Crippen LogP contribution in [0.5, 0.6) is 0 Å². The van der Waals surface area contributed by atoms with E-state index in [1.54, 1.807) is 6.07 Å². The molecule has 0 fully saturated rings. The van der Waals surface area contributed by atoms with E-state index in [1.807, 2.05) is 11.8 Å². The number of thioether (sulfide) groups is 1. The number of rotatable bonds is 5. The third-order valence-corrected chi connectivity index (χ3v) is 3.24. The second kappa shape index (κ2) is 5.85. The highest BCUT2D eigenvalue weighted by atomic mass is 32.2. The van der Waals surface area contributed by atoms with Crippen molar-refractivity contribution in [1.82, 2.24) is 0 Å². The van der Waals surface area contributed by atoms with E-state index in [0.717, 1.165) is 18.7 Å². The predicted molar refractivity (Wildman–Crippen MR) is 66.9 cm³/mol. The Balaban J connectivity index is 2.43. The fraction of sp³-hybridized carbons (Fsp3) is 0.455. The van der Waals surface area contributed by atoms with Crippen LogP contribution in [0.25, 0.3) is 0 Å². The average molecular weight is 228 g/mol. The second-order valence-corrected chi connectivity index (χ2v) is 4.81. The van der Waals surface area contributed by atoms with Crippen LogP contribution in [0.2, 0.25) is 0 Å². The minimum atomic E-state index is -0.296. The van der Waals surface area contributed by atoms with E-state index in [4.69, 9.17) is 5.73 Å². The third-order valence-electron chi connectivity index (χ3n) is 2.20. The van der Waals surface area contributed by atoms with Crippen LogP contribution < -0.4 is 11.1 Å². The van der Waals surface area contributed by atoms with Crippen LogP contribution >= 0.6 is 11.8 Å². The smallest absolute Gasteiger partial charge is 0.127 e. The molecule has 0 heterocycles. The highest BCUT2D eigenvalue weighted by Crippen LogP contribution is 2.16. The van der Waals surface area contributed by atoms with Crippen molar-refractivity contribution in [1.29, 1.82) is 0 Å². The van der Waals surface area contributed by atoms with Gasteiger partial charge in [-0.25, -0.2) is 4.39 Å². The number of benzene rings is 1. The van der Waals surface area contributed by atoms with Crippen LogP contribution in [0.3, 0.4) is 0 Å². The van der Waals surface area contributed by atoms with Crippen molar-refractivity contribution in [2.24, 2.45) is 0 Å². The monoisotopic (exact) mass is 228 g/mol. The number of nitrogens with one attached hydrogen (secondary N) is 1. The largest absolute Gasteiger partial charge is 0.399 e. The summed E-state index contributed by atoms with van der Waals surface area (Å²) in [6.07, 6.45) is 3.14. The van der Waals surface area contributed by atoms with Crippen molar-refractivity contribution in [3.63, 3.8) is 0 Å². The van der Waals surface area contributed by atoms with Gasteiger partial charge in [0.05, 0.1) is 0 Å². The normalized spacial score (nSPS) is 12.5. The summed E-state index contributed by atoms with van der Waals surface area (Å²) in [5.41, 5.74) is 6.74. The molecule has 0 saturated carbocycles. The fourth-order valence-corrected chi connectivity index (χ4v) is 1.61. The van der Waals surface area contributed by atoms with Crippen LogP contribution in [0.1, 0.15) is 13.3 Å². The molecular formula is C11H17FN2S. The van der Waals surface area contributed by atoms with Crippen LogP contribution in [-0.4, -0.2) is 18.1 Å². The SMILES string of the molecule is CSC(C)CCNc1cc(N)cc(F)c1. The molecule has 15 heavy (non-hydrogen) atoms. The number of nitrogens with two attached hydrogens (primary N) is 1. The molecule has 0 aromatic heterocycles. The Morgan fingerprint density at radius 1 is 1.47 bits per heavy atom. The summed E-state index contributed by atoms with van der Waals surface area (Å²) in [5.74, 6) is -0.296. The van der Waals surface area contributed by atoms with Gasteiger partial charge in [-0.15, -0.1) is 0 Å². The number of hydrogen-bond acceptors (Lipinski definition) is 3. The van der Waals surface area contributed by atoms with Crippen molar-refractivity contribution in [2.45, 2.75) is 18.6 Å². The Morgan fingerprint density at radius 3 is 2.80 bits per heavy atom. The Bertz CT molecular complexity index is 297. The lowest BCUT2D eigenvalue weighted by Gasteiger charge is -2.10. The van der Waals surface area contributed by atoms with Crippen molar-refractivity contribution in [3.05, 3.63) is 24.0 Å². The lowest BCUT2D eigenvalue weighted by molar-refractivity contribution is 0.629. The van der Waals surface area contributed by atoms with E-state index < -0.39 is 0 Å². The maximum atomic E-state index is 13.0. The molecule has 1 rings (SSSR count). The molecule has 0 amide bonds. The van der Waals surface area contributed by atoms with Gasteiger partial charge in [-0.3, -0.25) is 0 Å². The van der Waals surface area contributed by atoms with Gasteiger partial charge < -0.3 is 11.1 Å². The van der Waals surface area contributed by atoms with E-state index in [2.05, 4.69) is 18.5 Å². The highest BCUT2D eigenvalue weighted by Gasteiger charge is 2.00. The van der Waals surface area contributed by atoms with Crippen molar-refractivity contribution in [3.8, 4) is 0 Å². The van der Waals surface area contributed by atoms with Gasteiger partial charge in [0.1, 0.15) is 5.82 Å². The van der Waals surface area contributed by atoms with Gasteiger partial charge >= 0.3 is 0 Å². The molecule has 1 aromatic carbocycles. The zero-order valence-electron chi connectivity index (χ0n) is 9.09. The Hall–Kier alpha value is -0.900. The van der Waals surface area contributed by atoms with Gasteiger partial charge in [0.25, 0.3) is 0 Å². The van der Waals surface area contributed by atoms with Gasteiger partial charge in [-0.05, 0) is 30.9 Å². The number of nitrogen functional groups attached to an aromatic ring is 1. The molecule has 3 N–H and O–H groups in total. The molecule has 0 bridgehead atoms. The van der Waals surface area contributed by atoms with Crippen molar-refractivity contribution < 1.29 is 4.39 Å². The standard InChI is InChI=1S/C11H17FN2S/c1-8(15-2)3-4-14-11-6-9(12)5-10(13)7-11/h5-8,14H,3-4,13H2,1-2H3. The van der Waals surface area contributed by atoms with E-state index in [1.165, 1.54) is 12.1 Å². The molecule has 4 heteroatoms. The molecular weight excluding hydrogens is 211 g/mol. The van der Waals surface area contributed by atoms with Crippen LogP contribution in [0.4, 0.5) is 15.8 Å². The topological polar surface area (TPSA) is 38.0 Å². The van der Waals surface area contributed by atoms with E-state index >= 15 is 0 Å². The number of halogens is 1. The van der Waals surface area contributed by atoms with Crippen LogP contribution in [-0.2, 0) is 0 Å². The average Bonchev–Trinajstić information content (AvgIpc) is 2.16. The second-order valence-electron chi connectivity index (χ2n) is 3.54. The van der Waals surface area contributed by atoms with Gasteiger partial charge in [0.15, 0.2) is 0 Å². The van der Waals surface area contributed by atoms with E-state index in [9.17, 15) is 4.39 Å². The molecule has 0 aliphatic heterocycles. The summed E-state index contributed by atoms with van der Waals surface area (Å²) in [4.78, 5) is 0. The quantitative estimate of drug-likeness (QED) is 0.761. The molecule has 0 saturated heterocycles.